The zero-order valence-corrected chi connectivity index (χ0v) is 12.9. The van der Waals surface area contributed by atoms with Gasteiger partial charge in [0.15, 0.2) is 0 Å². The summed E-state index contributed by atoms with van der Waals surface area (Å²) in [5.74, 6) is -0.428. The molecule has 0 saturated carbocycles. The van der Waals surface area contributed by atoms with Crippen LogP contribution in [0.2, 0.25) is 0 Å². The first-order valence-corrected chi connectivity index (χ1v) is 7.98. The number of amides is 1. The molecule has 1 amide bonds. The zero-order chi connectivity index (χ0) is 15.5. The first kappa shape index (κ1) is 15.4. The fourth-order valence-electron chi connectivity index (χ4n) is 3.06. The van der Waals surface area contributed by atoms with Crippen LogP contribution >= 0.6 is 0 Å². The lowest BCUT2D eigenvalue weighted by molar-refractivity contribution is -0.132. The van der Waals surface area contributed by atoms with Crippen LogP contribution in [0.3, 0.4) is 0 Å². The molecule has 1 aromatic rings. The minimum Gasteiger partial charge on any atom is -0.376 e. The van der Waals surface area contributed by atoms with E-state index in [1.165, 1.54) is 12.1 Å². The van der Waals surface area contributed by atoms with Crippen molar-refractivity contribution in [2.75, 3.05) is 24.7 Å². The Labute approximate surface area is 130 Å². The van der Waals surface area contributed by atoms with Crippen LogP contribution in [0.4, 0.5) is 10.1 Å². The van der Waals surface area contributed by atoms with Crippen LogP contribution in [0.5, 0.6) is 0 Å². The highest BCUT2D eigenvalue weighted by atomic mass is 19.1. The highest BCUT2D eigenvalue weighted by Gasteiger charge is 2.29. The number of nitrogens with zero attached hydrogens (tertiary/aromatic N) is 1. The summed E-state index contributed by atoms with van der Waals surface area (Å²) >= 11 is 0. The lowest BCUT2D eigenvalue weighted by Gasteiger charge is -2.26. The van der Waals surface area contributed by atoms with E-state index in [4.69, 9.17) is 9.47 Å². The molecule has 1 aromatic carbocycles. The van der Waals surface area contributed by atoms with Crippen LogP contribution in [0.25, 0.3) is 0 Å². The molecule has 0 radical (unpaired) electrons. The average Bonchev–Trinajstić information content (AvgIpc) is 2.95. The summed E-state index contributed by atoms with van der Waals surface area (Å²) in [5, 5.41) is 0. The molecule has 120 valence electrons. The Morgan fingerprint density at radius 1 is 1.50 bits per heavy atom. The summed E-state index contributed by atoms with van der Waals surface area (Å²) in [6.45, 7) is 3.56. The number of fused-ring (bicyclic) bond motifs is 1. The van der Waals surface area contributed by atoms with Crippen molar-refractivity contribution < 1.29 is 18.7 Å². The molecule has 1 saturated heterocycles. The van der Waals surface area contributed by atoms with E-state index < -0.39 is 6.10 Å². The van der Waals surface area contributed by atoms with Gasteiger partial charge < -0.3 is 14.4 Å². The highest BCUT2D eigenvalue weighted by Crippen LogP contribution is 2.29. The molecule has 0 aliphatic carbocycles. The predicted molar refractivity (Wildman–Crippen MR) is 81.5 cm³/mol. The maximum Gasteiger partial charge on any atom is 0.255 e. The summed E-state index contributed by atoms with van der Waals surface area (Å²) in [7, 11) is 0. The first-order valence-electron chi connectivity index (χ1n) is 7.98. The monoisotopic (exact) mass is 307 g/mol. The van der Waals surface area contributed by atoms with E-state index in [1.54, 1.807) is 17.9 Å². The molecule has 0 spiro atoms. The molecular weight excluding hydrogens is 285 g/mol. The van der Waals surface area contributed by atoms with Crippen molar-refractivity contribution in [3.8, 4) is 0 Å². The minimum atomic E-state index is -0.542. The van der Waals surface area contributed by atoms with Crippen LogP contribution in [0, 0.1) is 5.82 Å². The van der Waals surface area contributed by atoms with Gasteiger partial charge in [-0.15, -0.1) is 0 Å². The molecule has 4 nitrogen and oxygen atoms in total. The topological polar surface area (TPSA) is 38.8 Å². The van der Waals surface area contributed by atoms with E-state index in [0.29, 0.717) is 18.8 Å². The van der Waals surface area contributed by atoms with Gasteiger partial charge >= 0.3 is 0 Å². The van der Waals surface area contributed by atoms with Crippen molar-refractivity contribution in [3.63, 3.8) is 0 Å². The molecular formula is C17H22FNO3. The second-order valence-corrected chi connectivity index (χ2v) is 5.98. The van der Waals surface area contributed by atoms with E-state index in [0.717, 1.165) is 37.9 Å². The third-order valence-corrected chi connectivity index (χ3v) is 4.36. The number of carbonyl (C=O) groups excluding carboxylic acids is 1. The summed E-state index contributed by atoms with van der Waals surface area (Å²) in [5.41, 5.74) is 1.69. The van der Waals surface area contributed by atoms with Crippen molar-refractivity contribution in [2.24, 2.45) is 0 Å². The van der Waals surface area contributed by atoms with Gasteiger partial charge in [-0.25, -0.2) is 4.39 Å². The maximum atomic E-state index is 13.4. The molecule has 0 unspecified atom stereocenters. The third kappa shape index (κ3) is 3.31. The van der Waals surface area contributed by atoms with Crippen LogP contribution in [0.1, 0.15) is 31.7 Å². The standard InChI is InChI=1S/C17H22FNO3/c1-12(22-11-15-4-2-3-9-21-15)17(20)19-8-7-13-5-6-14(18)10-16(13)19/h5-6,10,12,15H,2-4,7-9,11H2,1H3/t12-,15-/m0/s1. The molecule has 3 rings (SSSR count). The third-order valence-electron chi connectivity index (χ3n) is 4.36. The van der Waals surface area contributed by atoms with Gasteiger partial charge in [-0.05, 0) is 50.3 Å². The molecule has 2 aliphatic heterocycles. The summed E-state index contributed by atoms with van der Waals surface area (Å²) in [6.07, 6.45) is 3.54. The number of halogens is 1. The van der Waals surface area contributed by atoms with Gasteiger partial charge in [0.2, 0.25) is 0 Å². The molecule has 0 aromatic heterocycles. The van der Waals surface area contributed by atoms with Crippen LogP contribution < -0.4 is 4.90 Å². The maximum absolute atomic E-state index is 13.4. The molecule has 2 atom stereocenters. The highest BCUT2D eigenvalue weighted by molar-refractivity contribution is 5.98. The Hall–Kier alpha value is -1.46. The SMILES string of the molecule is C[C@H](OC[C@@H]1CCCCO1)C(=O)N1CCc2ccc(F)cc21. The number of hydrogen-bond acceptors (Lipinski definition) is 3. The summed E-state index contributed by atoms with van der Waals surface area (Å²) < 4.78 is 24.7. The fraction of sp³-hybridized carbons (Fsp3) is 0.588. The fourth-order valence-corrected chi connectivity index (χ4v) is 3.06. The molecule has 5 heteroatoms. The second-order valence-electron chi connectivity index (χ2n) is 5.98. The number of rotatable bonds is 4. The molecule has 2 aliphatic rings. The Bertz CT molecular complexity index is 543. The number of carbonyl (C=O) groups is 1. The Kier molecular flexibility index (Phi) is 4.74. The van der Waals surface area contributed by atoms with Crippen molar-refractivity contribution >= 4 is 11.6 Å². The average molecular weight is 307 g/mol. The second kappa shape index (κ2) is 6.75. The zero-order valence-electron chi connectivity index (χ0n) is 12.9. The van der Waals surface area contributed by atoms with E-state index in [9.17, 15) is 9.18 Å². The summed E-state index contributed by atoms with van der Waals surface area (Å²) in [4.78, 5) is 14.2. The van der Waals surface area contributed by atoms with Crippen molar-refractivity contribution in [1.29, 1.82) is 0 Å². The quantitative estimate of drug-likeness (QED) is 0.858. The van der Waals surface area contributed by atoms with E-state index in [2.05, 4.69) is 0 Å². The van der Waals surface area contributed by atoms with Crippen LogP contribution in [-0.4, -0.2) is 37.9 Å². The molecule has 2 heterocycles. The van der Waals surface area contributed by atoms with Crippen LogP contribution in [-0.2, 0) is 20.7 Å². The van der Waals surface area contributed by atoms with Gasteiger partial charge in [-0.1, -0.05) is 6.07 Å². The van der Waals surface area contributed by atoms with Crippen molar-refractivity contribution in [2.45, 2.75) is 44.8 Å². The number of benzene rings is 1. The number of hydrogen-bond donors (Lipinski definition) is 0. The number of anilines is 1. The Morgan fingerprint density at radius 3 is 3.14 bits per heavy atom. The van der Waals surface area contributed by atoms with E-state index >= 15 is 0 Å². The normalized spacial score (nSPS) is 22.5. The lowest BCUT2D eigenvalue weighted by Crippen LogP contribution is -2.39. The van der Waals surface area contributed by atoms with Gasteiger partial charge in [0, 0.05) is 18.8 Å². The van der Waals surface area contributed by atoms with Gasteiger partial charge in [0.1, 0.15) is 11.9 Å². The summed E-state index contributed by atoms with van der Waals surface area (Å²) in [6, 6.07) is 4.61. The predicted octanol–water partition coefficient (Wildman–Crippen LogP) is 2.69. The Balaban J connectivity index is 1.58. The van der Waals surface area contributed by atoms with Gasteiger partial charge in [-0.2, -0.15) is 0 Å². The minimum absolute atomic E-state index is 0.0901. The lowest BCUT2D eigenvalue weighted by atomic mass is 10.1. The number of ether oxygens (including phenoxy) is 2. The largest absolute Gasteiger partial charge is 0.376 e. The van der Waals surface area contributed by atoms with Gasteiger partial charge in [-0.3, -0.25) is 4.79 Å². The van der Waals surface area contributed by atoms with E-state index in [-0.39, 0.29) is 17.8 Å². The van der Waals surface area contributed by atoms with Gasteiger partial charge in [0.25, 0.3) is 5.91 Å². The van der Waals surface area contributed by atoms with Gasteiger partial charge in [0.05, 0.1) is 12.7 Å². The smallest absolute Gasteiger partial charge is 0.255 e. The van der Waals surface area contributed by atoms with Crippen molar-refractivity contribution in [3.05, 3.63) is 29.6 Å². The van der Waals surface area contributed by atoms with Crippen LogP contribution in [0.15, 0.2) is 18.2 Å². The molecule has 22 heavy (non-hydrogen) atoms. The molecule has 1 fully saturated rings. The molecule has 0 N–H and O–H groups in total. The van der Waals surface area contributed by atoms with Crippen molar-refractivity contribution in [1.82, 2.24) is 0 Å². The first-order chi connectivity index (χ1) is 10.6. The van der Waals surface area contributed by atoms with E-state index in [1.807, 2.05) is 0 Å². The molecule has 0 bridgehead atoms. The Morgan fingerprint density at radius 2 is 2.36 bits per heavy atom.